The van der Waals surface area contributed by atoms with Gasteiger partial charge in [-0.25, -0.2) is 9.18 Å². The zero-order valence-electron chi connectivity index (χ0n) is 18.9. The van der Waals surface area contributed by atoms with Crippen LogP contribution in [0.4, 0.5) is 14.9 Å². The van der Waals surface area contributed by atoms with E-state index in [0.29, 0.717) is 33.1 Å². The number of thioether (sulfide) groups is 1. The van der Waals surface area contributed by atoms with E-state index in [2.05, 4.69) is 21.2 Å². The lowest BCUT2D eigenvalue weighted by atomic mass is 10.1. The molecule has 1 saturated heterocycles. The minimum absolute atomic E-state index is 0.148. The standard InChI is InChI=1S/C26H18BrFN2O6S/c27-20-10-15(7-8-21(20)36-14-16-3-1-4-17(9-16)25(33)34)11-22-24(32)30(26(35)37-22)13-23(31)29-19-6-2-5-18(28)12-19/h1-12H,13-14H2,(H,29,31)(H,33,34)/b22-11+. The number of carboxylic acid groups (broad SMARTS) is 1. The third-order valence-corrected chi connectivity index (χ3v) is 6.63. The molecule has 8 nitrogen and oxygen atoms in total. The number of rotatable bonds is 8. The van der Waals surface area contributed by atoms with Gasteiger partial charge in [-0.3, -0.25) is 19.3 Å². The fourth-order valence-corrected chi connectivity index (χ4v) is 4.73. The lowest BCUT2D eigenvalue weighted by Crippen LogP contribution is -2.36. The van der Waals surface area contributed by atoms with Crippen LogP contribution in [0.5, 0.6) is 5.75 Å². The predicted octanol–water partition coefficient (Wildman–Crippen LogP) is 5.54. The van der Waals surface area contributed by atoms with Gasteiger partial charge in [0, 0.05) is 5.69 Å². The molecule has 0 unspecified atom stereocenters. The summed E-state index contributed by atoms with van der Waals surface area (Å²) in [5, 5.41) is 11.0. The molecule has 1 heterocycles. The highest BCUT2D eigenvalue weighted by Gasteiger charge is 2.36. The Morgan fingerprint density at radius 3 is 2.59 bits per heavy atom. The Balaban J connectivity index is 1.39. The van der Waals surface area contributed by atoms with Gasteiger partial charge >= 0.3 is 5.97 Å². The first-order valence-corrected chi connectivity index (χ1v) is 12.4. The number of carboxylic acids is 1. The molecule has 3 aromatic rings. The fraction of sp³-hybridized carbons (Fsp3) is 0.0769. The molecule has 1 aliphatic heterocycles. The van der Waals surface area contributed by atoms with Gasteiger partial charge in [0.05, 0.1) is 14.9 Å². The van der Waals surface area contributed by atoms with Gasteiger partial charge in [0.25, 0.3) is 11.1 Å². The number of benzene rings is 3. The van der Waals surface area contributed by atoms with Crippen molar-refractivity contribution in [2.45, 2.75) is 6.61 Å². The zero-order chi connectivity index (χ0) is 26.5. The van der Waals surface area contributed by atoms with Gasteiger partial charge in [0.1, 0.15) is 24.7 Å². The number of amides is 3. The Kier molecular flexibility index (Phi) is 8.04. The van der Waals surface area contributed by atoms with Crippen molar-refractivity contribution in [1.82, 2.24) is 4.90 Å². The smallest absolute Gasteiger partial charge is 0.335 e. The average Bonchev–Trinajstić information content (AvgIpc) is 3.11. The van der Waals surface area contributed by atoms with Crippen LogP contribution in [0.3, 0.4) is 0 Å². The van der Waals surface area contributed by atoms with Gasteiger partial charge in [-0.1, -0.05) is 24.3 Å². The van der Waals surface area contributed by atoms with Gasteiger partial charge < -0.3 is 15.2 Å². The molecule has 0 bridgehead atoms. The van der Waals surface area contributed by atoms with Gasteiger partial charge in [-0.05, 0) is 87.4 Å². The summed E-state index contributed by atoms with van der Waals surface area (Å²) >= 11 is 4.13. The van der Waals surface area contributed by atoms with E-state index >= 15 is 0 Å². The lowest BCUT2D eigenvalue weighted by Gasteiger charge is -2.12. The van der Waals surface area contributed by atoms with Gasteiger partial charge in [0.2, 0.25) is 5.91 Å². The monoisotopic (exact) mass is 584 g/mol. The summed E-state index contributed by atoms with van der Waals surface area (Å²) in [6.45, 7) is -0.353. The molecule has 0 saturated carbocycles. The molecule has 0 atom stereocenters. The topological polar surface area (TPSA) is 113 Å². The normalized spacial score (nSPS) is 14.2. The van der Waals surface area contributed by atoms with Crippen LogP contribution in [-0.4, -0.2) is 39.6 Å². The molecular formula is C26H18BrFN2O6S. The molecule has 0 aromatic heterocycles. The maximum Gasteiger partial charge on any atom is 0.335 e. The van der Waals surface area contributed by atoms with Crippen molar-refractivity contribution >= 4 is 62.5 Å². The number of carbonyl (C=O) groups is 4. The second kappa shape index (κ2) is 11.4. The maximum absolute atomic E-state index is 13.3. The van der Waals surface area contributed by atoms with Crippen LogP contribution in [0.1, 0.15) is 21.5 Å². The number of nitrogens with one attached hydrogen (secondary N) is 1. The largest absolute Gasteiger partial charge is 0.488 e. The SMILES string of the molecule is O=C(CN1C(=O)S/C(=C/c2ccc(OCc3cccc(C(=O)O)c3)c(Br)c2)C1=O)Nc1cccc(F)c1. The van der Waals surface area contributed by atoms with Gasteiger partial charge in [-0.15, -0.1) is 0 Å². The Labute approximate surface area is 223 Å². The van der Waals surface area contributed by atoms with E-state index in [1.54, 1.807) is 30.3 Å². The summed E-state index contributed by atoms with van der Waals surface area (Å²) in [5.74, 6) is -2.29. The number of nitrogens with zero attached hydrogens (tertiary/aromatic N) is 1. The van der Waals surface area contributed by atoms with E-state index in [-0.39, 0.29) is 22.8 Å². The highest BCUT2D eigenvalue weighted by Crippen LogP contribution is 2.34. The van der Waals surface area contributed by atoms with Crippen molar-refractivity contribution < 1.29 is 33.4 Å². The van der Waals surface area contributed by atoms with Crippen molar-refractivity contribution in [2.24, 2.45) is 0 Å². The van der Waals surface area contributed by atoms with Crippen molar-refractivity contribution in [1.29, 1.82) is 0 Å². The minimum Gasteiger partial charge on any atom is -0.488 e. The lowest BCUT2D eigenvalue weighted by molar-refractivity contribution is -0.127. The van der Waals surface area contributed by atoms with E-state index < -0.39 is 35.4 Å². The summed E-state index contributed by atoms with van der Waals surface area (Å²) in [6.07, 6.45) is 1.53. The van der Waals surface area contributed by atoms with Gasteiger partial charge in [-0.2, -0.15) is 0 Å². The van der Waals surface area contributed by atoms with Crippen LogP contribution in [0.2, 0.25) is 0 Å². The molecule has 188 valence electrons. The Morgan fingerprint density at radius 2 is 1.86 bits per heavy atom. The number of halogens is 2. The molecule has 3 aromatic carbocycles. The molecule has 1 fully saturated rings. The molecule has 1 aliphatic rings. The van der Waals surface area contributed by atoms with Crippen LogP contribution in [-0.2, 0) is 16.2 Å². The number of aromatic carboxylic acids is 1. The van der Waals surface area contributed by atoms with Crippen molar-refractivity contribution in [2.75, 3.05) is 11.9 Å². The van der Waals surface area contributed by atoms with Gasteiger partial charge in [0.15, 0.2) is 0 Å². The third kappa shape index (κ3) is 6.63. The number of imide groups is 1. The first-order valence-electron chi connectivity index (χ1n) is 10.7. The molecule has 4 rings (SSSR count). The molecular weight excluding hydrogens is 567 g/mol. The molecule has 37 heavy (non-hydrogen) atoms. The first-order chi connectivity index (χ1) is 17.7. The van der Waals surface area contributed by atoms with Crippen LogP contribution in [0.15, 0.2) is 76.1 Å². The summed E-state index contributed by atoms with van der Waals surface area (Å²) in [7, 11) is 0. The Morgan fingerprint density at radius 1 is 1.08 bits per heavy atom. The fourth-order valence-electron chi connectivity index (χ4n) is 3.38. The zero-order valence-corrected chi connectivity index (χ0v) is 21.3. The van der Waals surface area contributed by atoms with Crippen LogP contribution < -0.4 is 10.1 Å². The molecule has 0 spiro atoms. The molecule has 0 aliphatic carbocycles. The predicted molar refractivity (Wildman–Crippen MR) is 140 cm³/mol. The number of hydrogen-bond acceptors (Lipinski definition) is 6. The Bertz CT molecular complexity index is 1440. The van der Waals surface area contributed by atoms with E-state index in [9.17, 15) is 23.6 Å². The number of ether oxygens (including phenoxy) is 1. The average molecular weight is 585 g/mol. The molecule has 3 amide bonds. The molecule has 2 N–H and O–H groups in total. The van der Waals surface area contributed by atoms with Crippen LogP contribution >= 0.6 is 27.7 Å². The van der Waals surface area contributed by atoms with Crippen LogP contribution in [0, 0.1) is 5.82 Å². The molecule has 0 radical (unpaired) electrons. The Hall–Kier alpha value is -3.96. The van der Waals surface area contributed by atoms with E-state index in [1.165, 1.54) is 36.4 Å². The second-order valence-electron chi connectivity index (χ2n) is 7.81. The van der Waals surface area contributed by atoms with E-state index in [4.69, 9.17) is 9.84 Å². The number of carbonyl (C=O) groups excluding carboxylic acids is 3. The van der Waals surface area contributed by atoms with Crippen molar-refractivity contribution in [3.8, 4) is 5.75 Å². The minimum atomic E-state index is -1.02. The first kappa shape index (κ1) is 26.1. The maximum atomic E-state index is 13.3. The summed E-state index contributed by atoms with van der Waals surface area (Å²) in [6, 6.07) is 16.8. The van der Waals surface area contributed by atoms with E-state index in [0.717, 1.165) is 11.0 Å². The molecule has 11 heteroatoms. The van der Waals surface area contributed by atoms with Crippen molar-refractivity contribution in [3.05, 3.63) is 98.6 Å². The van der Waals surface area contributed by atoms with Crippen molar-refractivity contribution in [3.63, 3.8) is 0 Å². The summed E-state index contributed by atoms with van der Waals surface area (Å²) < 4.78 is 19.7. The quantitative estimate of drug-likeness (QED) is 0.334. The summed E-state index contributed by atoms with van der Waals surface area (Å²) in [4.78, 5) is 49.5. The second-order valence-corrected chi connectivity index (χ2v) is 9.66. The summed E-state index contributed by atoms with van der Waals surface area (Å²) in [5.41, 5.74) is 1.68. The number of anilines is 1. The highest BCUT2D eigenvalue weighted by molar-refractivity contribution is 9.10. The highest BCUT2D eigenvalue weighted by atomic mass is 79.9. The third-order valence-electron chi connectivity index (χ3n) is 5.11. The number of hydrogen-bond donors (Lipinski definition) is 2. The van der Waals surface area contributed by atoms with Crippen LogP contribution in [0.25, 0.3) is 6.08 Å². The van der Waals surface area contributed by atoms with E-state index in [1.807, 2.05) is 0 Å².